The summed E-state index contributed by atoms with van der Waals surface area (Å²) >= 11 is 0. The van der Waals surface area contributed by atoms with Gasteiger partial charge in [0.25, 0.3) is 5.91 Å². The first-order valence-electron chi connectivity index (χ1n) is 9.30. The minimum atomic E-state index is -0.123. The molecule has 7 nitrogen and oxygen atoms in total. The van der Waals surface area contributed by atoms with Crippen LogP contribution in [-0.2, 0) is 7.05 Å². The van der Waals surface area contributed by atoms with E-state index in [2.05, 4.69) is 45.4 Å². The SMILES string of the molecule is Cc1cc(C)c2ccc(N3CCCC(NC(=O)c4ccn(C)n4)C3)nc2n1. The highest BCUT2D eigenvalue weighted by molar-refractivity contribution is 5.92. The molecule has 0 radical (unpaired) electrons. The molecule has 1 amide bonds. The third-order valence-corrected chi connectivity index (χ3v) is 5.02. The molecule has 7 heteroatoms. The molecule has 0 spiro atoms. The lowest BCUT2D eigenvalue weighted by Gasteiger charge is -2.34. The van der Waals surface area contributed by atoms with Gasteiger partial charge in [0, 0.05) is 43.5 Å². The van der Waals surface area contributed by atoms with Gasteiger partial charge < -0.3 is 10.2 Å². The van der Waals surface area contributed by atoms with E-state index in [9.17, 15) is 4.79 Å². The van der Waals surface area contributed by atoms with Crippen molar-refractivity contribution in [2.45, 2.75) is 32.7 Å². The maximum atomic E-state index is 12.4. The standard InChI is InChI=1S/C20H24N6O/c1-13-11-14(2)21-19-16(13)6-7-18(23-19)26-9-4-5-15(12-26)22-20(27)17-8-10-25(3)24-17/h6-8,10-11,15H,4-5,9,12H2,1-3H3,(H,22,27). The van der Waals surface area contributed by atoms with Gasteiger partial charge in [-0.25, -0.2) is 9.97 Å². The molecule has 0 aliphatic carbocycles. The number of anilines is 1. The van der Waals surface area contributed by atoms with Crippen molar-refractivity contribution >= 4 is 22.8 Å². The number of amides is 1. The molecule has 0 bridgehead atoms. The van der Waals surface area contributed by atoms with Crippen molar-refractivity contribution in [1.82, 2.24) is 25.1 Å². The number of piperidine rings is 1. The van der Waals surface area contributed by atoms with E-state index in [1.54, 1.807) is 16.9 Å². The van der Waals surface area contributed by atoms with Crippen molar-refractivity contribution in [3.8, 4) is 0 Å². The summed E-state index contributed by atoms with van der Waals surface area (Å²) in [6, 6.07) is 8.04. The second-order valence-electron chi connectivity index (χ2n) is 7.25. The van der Waals surface area contributed by atoms with E-state index in [0.717, 1.165) is 48.5 Å². The minimum Gasteiger partial charge on any atom is -0.354 e. The van der Waals surface area contributed by atoms with E-state index in [0.29, 0.717) is 5.69 Å². The van der Waals surface area contributed by atoms with E-state index in [1.807, 2.05) is 14.0 Å². The van der Waals surface area contributed by atoms with Crippen molar-refractivity contribution in [3.05, 3.63) is 47.4 Å². The Morgan fingerprint density at radius 1 is 1.22 bits per heavy atom. The van der Waals surface area contributed by atoms with Crippen LogP contribution >= 0.6 is 0 Å². The number of aromatic nitrogens is 4. The summed E-state index contributed by atoms with van der Waals surface area (Å²) in [5, 5.41) is 8.36. The predicted molar refractivity (Wildman–Crippen MR) is 105 cm³/mol. The fraction of sp³-hybridized carbons (Fsp3) is 0.400. The Kier molecular flexibility index (Phi) is 4.51. The molecule has 3 aromatic rings. The summed E-state index contributed by atoms with van der Waals surface area (Å²) in [5.41, 5.74) is 3.40. The second-order valence-corrected chi connectivity index (χ2v) is 7.25. The van der Waals surface area contributed by atoms with Crippen LogP contribution in [0.4, 0.5) is 5.82 Å². The number of nitrogens with one attached hydrogen (secondary N) is 1. The van der Waals surface area contributed by atoms with Crippen molar-refractivity contribution in [2.75, 3.05) is 18.0 Å². The summed E-state index contributed by atoms with van der Waals surface area (Å²) in [7, 11) is 1.81. The van der Waals surface area contributed by atoms with Crippen LogP contribution in [0.5, 0.6) is 0 Å². The first kappa shape index (κ1) is 17.5. The molecule has 4 heterocycles. The molecular weight excluding hydrogens is 340 g/mol. The third-order valence-electron chi connectivity index (χ3n) is 5.02. The zero-order valence-electron chi connectivity index (χ0n) is 15.9. The molecule has 1 atom stereocenters. The van der Waals surface area contributed by atoms with Crippen molar-refractivity contribution in [3.63, 3.8) is 0 Å². The lowest BCUT2D eigenvalue weighted by molar-refractivity contribution is 0.0927. The number of rotatable bonds is 3. The van der Waals surface area contributed by atoms with Gasteiger partial charge in [-0.1, -0.05) is 0 Å². The van der Waals surface area contributed by atoms with Crippen LogP contribution in [0.2, 0.25) is 0 Å². The smallest absolute Gasteiger partial charge is 0.272 e. The third kappa shape index (κ3) is 3.63. The zero-order chi connectivity index (χ0) is 19.0. The van der Waals surface area contributed by atoms with Gasteiger partial charge >= 0.3 is 0 Å². The molecule has 1 fully saturated rings. The lowest BCUT2D eigenvalue weighted by Crippen LogP contribution is -2.48. The summed E-state index contributed by atoms with van der Waals surface area (Å²) in [4.78, 5) is 24.0. The van der Waals surface area contributed by atoms with E-state index >= 15 is 0 Å². The van der Waals surface area contributed by atoms with E-state index in [-0.39, 0.29) is 11.9 Å². The maximum absolute atomic E-state index is 12.4. The summed E-state index contributed by atoms with van der Waals surface area (Å²) < 4.78 is 1.64. The van der Waals surface area contributed by atoms with Gasteiger partial charge in [-0.2, -0.15) is 5.10 Å². The van der Waals surface area contributed by atoms with Crippen LogP contribution < -0.4 is 10.2 Å². The van der Waals surface area contributed by atoms with E-state index in [4.69, 9.17) is 4.98 Å². The molecule has 1 saturated heterocycles. The highest BCUT2D eigenvalue weighted by Gasteiger charge is 2.23. The molecule has 4 rings (SSSR count). The van der Waals surface area contributed by atoms with Crippen LogP contribution in [0.3, 0.4) is 0 Å². The maximum Gasteiger partial charge on any atom is 0.272 e. The molecule has 3 aromatic heterocycles. The first-order valence-corrected chi connectivity index (χ1v) is 9.30. The molecular formula is C20H24N6O. The number of hydrogen-bond acceptors (Lipinski definition) is 5. The summed E-state index contributed by atoms with van der Waals surface area (Å²) in [6.45, 7) is 5.74. The zero-order valence-corrected chi connectivity index (χ0v) is 15.9. The monoisotopic (exact) mass is 364 g/mol. The molecule has 1 N–H and O–H groups in total. The van der Waals surface area contributed by atoms with Crippen LogP contribution in [-0.4, -0.2) is 44.8 Å². The van der Waals surface area contributed by atoms with Gasteiger partial charge in [-0.15, -0.1) is 0 Å². The number of aryl methyl sites for hydroxylation is 3. The van der Waals surface area contributed by atoms with Gasteiger partial charge in [0.05, 0.1) is 0 Å². The predicted octanol–water partition coefficient (Wildman–Crippen LogP) is 2.38. The number of carbonyl (C=O) groups excluding carboxylic acids is 1. The average molecular weight is 364 g/mol. The van der Waals surface area contributed by atoms with Gasteiger partial charge in [-0.3, -0.25) is 9.48 Å². The molecule has 0 aromatic carbocycles. The van der Waals surface area contributed by atoms with Crippen LogP contribution in [0.15, 0.2) is 30.5 Å². The lowest BCUT2D eigenvalue weighted by atomic mass is 10.1. The van der Waals surface area contributed by atoms with Crippen molar-refractivity contribution < 1.29 is 4.79 Å². The van der Waals surface area contributed by atoms with Crippen molar-refractivity contribution in [2.24, 2.45) is 7.05 Å². The number of nitrogens with zero attached hydrogens (tertiary/aromatic N) is 5. The number of pyridine rings is 2. The fourth-order valence-electron chi connectivity index (χ4n) is 3.70. The highest BCUT2D eigenvalue weighted by atomic mass is 16.2. The first-order chi connectivity index (χ1) is 13.0. The Morgan fingerprint density at radius 2 is 2.07 bits per heavy atom. The Bertz CT molecular complexity index is 995. The van der Waals surface area contributed by atoms with Crippen LogP contribution in [0.1, 0.15) is 34.6 Å². The number of fused-ring (bicyclic) bond motifs is 1. The Balaban J connectivity index is 1.51. The normalized spacial score (nSPS) is 17.3. The van der Waals surface area contributed by atoms with Gasteiger partial charge in [0.15, 0.2) is 5.65 Å². The molecule has 1 aliphatic heterocycles. The van der Waals surface area contributed by atoms with Crippen LogP contribution in [0, 0.1) is 13.8 Å². The van der Waals surface area contributed by atoms with E-state index < -0.39 is 0 Å². The van der Waals surface area contributed by atoms with Crippen LogP contribution in [0.25, 0.3) is 11.0 Å². The van der Waals surface area contributed by atoms with Gasteiger partial charge in [0.1, 0.15) is 11.5 Å². The molecule has 27 heavy (non-hydrogen) atoms. The Hall–Kier alpha value is -2.96. The Morgan fingerprint density at radius 3 is 2.85 bits per heavy atom. The Labute approximate surface area is 158 Å². The number of hydrogen-bond donors (Lipinski definition) is 1. The second kappa shape index (κ2) is 6.98. The largest absolute Gasteiger partial charge is 0.354 e. The number of carbonyl (C=O) groups is 1. The molecule has 140 valence electrons. The van der Waals surface area contributed by atoms with Crippen molar-refractivity contribution in [1.29, 1.82) is 0 Å². The average Bonchev–Trinajstić information content (AvgIpc) is 3.08. The molecule has 1 aliphatic rings. The summed E-state index contributed by atoms with van der Waals surface area (Å²) in [6.07, 6.45) is 3.74. The summed E-state index contributed by atoms with van der Waals surface area (Å²) in [5.74, 6) is 0.790. The molecule has 0 saturated carbocycles. The van der Waals surface area contributed by atoms with Gasteiger partial charge in [-0.05, 0) is 56.5 Å². The minimum absolute atomic E-state index is 0.0814. The van der Waals surface area contributed by atoms with Gasteiger partial charge in [0.2, 0.25) is 0 Å². The topological polar surface area (TPSA) is 75.9 Å². The highest BCUT2D eigenvalue weighted by Crippen LogP contribution is 2.23. The quantitative estimate of drug-likeness (QED) is 0.772. The fourth-order valence-corrected chi connectivity index (χ4v) is 3.70. The molecule has 1 unspecified atom stereocenters. The van der Waals surface area contributed by atoms with E-state index in [1.165, 1.54) is 5.56 Å².